The van der Waals surface area contributed by atoms with Crippen molar-refractivity contribution in [1.82, 2.24) is 24.4 Å². The van der Waals surface area contributed by atoms with Crippen molar-refractivity contribution >= 4 is 21.4 Å². The summed E-state index contributed by atoms with van der Waals surface area (Å²) in [6.45, 7) is 0. The van der Waals surface area contributed by atoms with Gasteiger partial charge < -0.3 is 0 Å². The molecule has 0 saturated heterocycles. The fraction of sp³-hybridized carbons (Fsp3) is 0.0870. The Morgan fingerprint density at radius 3 is 2.41 bits per heavy atom. The van der Waals surface area contributed by atoms with Gasteiger partial charge in [-0.15, -0.1) is 0 Å². The summed E-state index contributed by atoms with van der Waals surface area (Å²) in [5.41, 5.74) is 3.96. The van der Waals surface area contributed by atoms with Crippen LogP contribution in [0.3, 0.4) is 0 Å². The number of nitrogens with one attached hydrogen (secondary N) is 1. The molecule has 5 aromatic rings. The standard InChI is InChI=1S/C23H18F2N6O2S/c1-30-12-16(10-26-30)14-3-6-22-19(11-27-31(22)13-14)21-7-15(8-23(28-21)29-34(2,32)33)18-5-4-17(24)9-20(18)25/h3-13H,1-2H3,(H,28,29). The molecule has 5 rings (SSSR count). The molecule has 0 fully saturated rings. The van der Waals surface area contributed by atoms with E-state index in [9.17, 15) is 17.2 Å². The molecule has 0 radical (unpaired) electrons. The van der Waals surface area contributed by atoms with Gasteiger partial charge in [0, 0.05) is 47.8 Å². The number of halogens is 2. The molecule has 8 nitrogen and oxygen atoms in total. The third kappa shape index (κ3) is 4.25. The van der Waals surface area contributed by atoms with Gasteiger partial charge in [-0.3, -0.25) is 9.40 Å². The zero-order valence-electron chi connectivity index (χ0n) is 18.1. The largest absolute Gasteiger partial charge is 0.275 e. The molecule has 4 aromatic heterocycles. The first-order chi connectivity index (χ1) is 16.2. The lowest BCUT2D eigenvalue weighted by Gasteiger charge is -2.11. The van der Waals surface area contributed by atoms with E-state index >= 15 is 0 Å². The molecule has 0 spiro atoms. The van der Waals surface area contributed by atoms with Gasteiger partial charge in [-0.2, -0.15) is 10.2 Å². The molecular weight excluding hydrogens is 462 g/mol. The van der Waals surface area contributed by atoms with Gasteiger partial charge in [0.2, 0.25) is 10.0 Å². The summed E-state index contributed by atoms with van der Waals surface area (Å²) in [6.07, 6.45) is 8.07. The Kier molecular flexibility index (Phi) is 5.13. The highest BCUT2D eigenvalue weighted by Crippen LogP contribution is 2.32. The zero-order chi connectivity index (χ0) is 24.0. The first-order valence-corrected chi connectivity index (χ1v) is 12.0. The molecule has 172 valence electrons. The molecule has 0 bridgehead atoms. The third-order valence-electron chi connectivity index (χ3n) is 5.19. The lowest BCUT2D eigenvalue weighted by molar-refractivity contribution is 0.585. The molecule has 4 heterocycles. The normalized spacial score (nSPS) is 11.8. The third-order valence-corrected chi connectivity index (χ3v) is 5.77. The molecule has 0 unspecified atom stereocenters. The monoisotopic (exact) mass is 480 g/mol. The van der Waals surface area contributed by atoms with E-state index in [1.807, 2.05) is 31.6 Å². The van der Waals surface area contributed by atoms with Crippen molar-refractivity contribution < 1.29 is 17.2 Å². The number of rotatable bonds is 5. The topological polar surface area (TPSA) is 94.2 Å². The summed E-state index contributed by atoms with van der Waals surface area (Å²) in [7, 11) is -1.82. The number of hydrogen-bond donors (Lipinski definition) is 1. The first-order valence-electron chi connectivity index (χ1n) is 10.1. The zero-order valence-corrected chi connectivity index (χ0v) is 18.9. The smallest absolute Gasteiger partial charge is 0.230 e. The number of pyridine rings is 2. The Morgan fingerprint density at radius 2 is 1.71 bits per heavy atom. The average Bonchev–Trinajstić information content (AvgIpc) is 3.38. The lowest BCUT2D eigenvalue weighted by atomic mass is 10.0. The summed E-state index contributed by atoms with van der Waals surface area (Å²) in [6, 6.07) is 9.98. The van der Waals surface area contributed by atoms with Crippen LogP contribution in [0, 0.1) is 11.6 Å². The van der Waals surface area contributed by atoms with Crippen molar-refractivity contribution in [3.05, 3.63) is 78.9 Å². The highest BCUT2D eigenvalue weighted by Gasteiger charge is 2.16. The number of hydrogen-bond acceptors (Lipinski definition) is 5. The van der Waals surface area contributed by atoms with Crippen LogP contribution in [-0.4, -0.2) is 39.1 Å². The van der Waals surface area contributed by atoms with E-state index in [0.29, 0.717) is 22.3 Å². The van der Waals surface area contributed by atoms with E-state index in [2.05, 4.69) is 19.9 Å². The number of anilines is 1. The average molecular weight is 481 g/mol. The van der Waals surface area contributed by atoms with Gasteiger partial charge >= 0.3 is 0 Å². The Labute approximate surface area is 193 Å². The predicted molar refractivity (Wildman–Crippen MR) is 124 cm³/mol. The van der Waals surface area contributed by atoms with Gasteiger partial charge in [0.15, 0.2) is 0 Å². The number of benzene rings is 1. The fourth-order valence-electron chi connectivity index (χ4n) is 3.71. The van der Waals surface area contributed by atoms with Crippen molar-refractivity contribution in [1.29, 1.82) is 0 Å². The molecule has 1 aromatic carbocycles. The summed E-state index contributed by atoms with van der Waals surface area (Å²) in [5, 5.41) is 8.59. The number of aromatic nitrogens is 5. The molecule has 0 aliphatic rings. The van der Waals surface area contributed by atoms with Crippen molar-refractivity contribution in [3.8, 4) is 33.5 Å². The molecule has 34 heavy (non-hydrogen) atoms. The number of fused-ring (bicyclic) bond motifs is 1. The van der Waals surface area contributed by atoms with Crippen LogP contribution in [-0.2, 0) is 17.1 Å². The van der Waals surface area contributed by atoms with Gasteiger partial charge in [0.05, 0.1) is 29.9 Å². The highest BCUT2D eigenvalue weighted by molar-refractivity contribution is 7.92. The van der Waals surface area contributed by atoms with Gasteiger partial charge in [-0.05, 0) is 35.9 Å². The Bertz CT molecular complexity index is 1660. The quantitative estimate of drug-likeness (QED) is 0.409. The summed E-state index contributed by atoms with van der Waals surface area (Å²) in [5.74, 6) is -1.48. The molecule has 0 aliphatic heterocycles. The van der Waals surface area contributed by atoms with Crippen molar-refractivity contribution in [2.24, 2.45) is 7.05 Å². The molecule has 1 N–H and O–H groups in total. The summed E-state index contributed by atoms with van der Waals surface area (Å²) < 4.78 is 57.4. The van der Waals surface area contributed by atoms with Gasteiger partial charge in [0.1, 0.15) is 17.5 Å². The minimum absolute atomic E-state index is 0.00468. The minimum Gasteiger partial charge on any atom is -0.275 e. The van der Waals surface area contributed by atoms with Crippen LogP contribution in [0.5, 0.6) is 0 Å². The number of nitrogens with zero attached hydrogens (tertiary/aromatic N) is 5. The molecular formula is C23H18F2N6O2S. The highest BCUT2D eigenvalue weighted by atomic mass is 32.2. The maximum Gasteiger partial charge on any atom is 0.230 e. The maximum atomic E-state index is 14.5. The second-order valence-electron chi connectivity index (χ2n) is 7.83. The number of aryl methyl sites for hydroxylation is 1. The lowest BCUT2D eigenvalue weighted by Crippen LogP contribution is -2.11. The Hall–Kier alpha value is -4.12. The van der Waals surface area contributed by atoms with E-state index in [-0.39, 0.29) is 11.4 Å². The second kappa shape index (κ2) is 8.03. The van der Waals surface area contributed by atoms with Crippen LogP contribution in [0.4, 0.5) is 14.6 Å². The maximum absolute atomic E-state index is 14.5. The minimum atomic E-state index is -3.65. The molecule has 0 aliphatic carbocycles. The summed E-state index contributed by atoms with van der Waals surface area (Å²) >= 11 is 0. The van der Waals surface area contributed by atoms with E-state index < -0.39 is 21.7 Å². The van der Waals surface area contributed by atoms with Gasteiger partial charge in [0.25, 0.3) is 0 Å². The molecule has 0 amide bonds. The van der Waals surface area contributed by atoms with Crippen molar-refractivity contribution in [3.63, 3.8) is 0 Å². The van der Waals surface area contributed by atoms with Crippen LogP contribution < -0.4 is 4.72 Å². The summed E-state index contributed by atoms with van der Waals surface area (Å²) in [4.78, 5) is 4.41. The van der Waals surface area contributed by atoms with Crippen molar-refractivity contribution in [2.75, 3.05) is 11.0 Å². The SMILES string of the molecule is Cn1cc(-c2ccc3c(-c4cc(-c5ccc(F)cc5F)cc(NS(C)(=O)=O)n4)cnn3c2)cn1. The second-order valence-corrected chi connectivity index (χ2v) is 9.58. The van der Waals surface area contributed by atoms with Crippen LogP contribution in [0.1, 0.15) is 0 Å². The van der Waals surface area contributed by atoms with E-state index in [0.717, 1.165) is 29.5 Å². The van der Waals surface area contributed by atoms with Gasteiger partial charge in [-0.25, -0.2) is 26.7 Å². The first kappa shape index (κ1) is 21.7. The van der Waals surface area contributed by atoms with Crippen LogP contribution in [0.25, 0.3) is 39.0 Å². The molecule has 0 atom stereocenters. The Balaban J connectivity index is 1.65. The van der Waals surface area contributed by atoms with E-state index in [1.165, 1.54) is 12.1 Å². The van der Waals surface area contributed by atoms with Crippen LogP contribution >= 0.6 is 0 Å². The van der Waals surface area contributed by atoms with Gasteiger partial charge in [-0.1, -0.05) is 6.07 Å². The predicted octanol–water partition coefficient (Wildman–Crippen LogP) is 4.11. The van der Waals surface area contributed by atoms with Crippen LogP contribution in [0.2, 0.25) is 0 Å². The number of sulfonamides is 1. The van der Waals surface area contributed by atoms with E-state index in [1.54, 1.807) is 27.7 Å². The molecule has 0 saturated carbocycles. The van der Waals surface area contributed by atoms with E-state index in [4.69, 9.17) is 0 Å². The van der Waals surface area contributed by atoms with Crippen molar-refractivity contribution in [2.45, 2.75) is 0 Å². The Morgan fingerprint density at radius 1 is 0.882 bits per heavy atom. The van der Waals surface area contributed by atoms with Crippen LogP contribution in [0.15, 0.2) is 67.3 Å². The molecule has 11 heteroatoms. The fourth-order valence-corrected chi connectivity index (χ4v) is 4.20.